The van der Waals surface area contributed by atoms with Crippen LogP contribution < -0.4 is 10.6 Å². The maximum absolute atomic E-state index is 12.1. The number of piperidine rings is 1. The van der Waals surface area contributed by atoms with Crippen molar-refractivity contribution in [2.75, 3.05) is 32.0 Å². The molecule has 0 spiro atoms. The summed E-state index contributed by atoms with van der Waals surface area (Å²) in [7, 11) is 2.01. The van der Waals surface area contributed by atoms with Crippen molar-refractivity contribution in [1.82, 2.24) is 10.2 Å². The molecule has 1 aromatic rings. The van der Waals surface area contributed by atoms with Crippen molar-refractivity contribution in [1.29, 1.82) is 0 Å². The second kappa shape index (κ2) is 8.59. The second-order valence-corrected chi connectivity index (χ2v) is 5.82. The predicted octanol–water partition coefficient (Wildman–Crippen LogP) is 2.69. The van der Waals surface area contributed by atoms with Crippen LogP contribution in [-0.2, 0) is 4.79 Å². The van der Waals surface area contributed by atoms with Gasteiger partial charge >= 0.3 is 0 Å². The van der Waals surface area contributed by atoms with E-state index in [9.17, 15) is 4.79 Å². The minimum atomic E-state index is 0. The topological polar surface area (TPSA) is 44.4 Å². The largest absolute Gasteiger partial charge is 0.325 e. The first-order valence-electron chi connectivity index (χ1n) is 7.03. The number of nitrogens with one attached hydrogen (secondary N) is 2. The number of carbonyl (C=O) groups is 1. The molecule has 0 radical (unpaired) electrons. The summed E-state index contributed by atoms with van der Waals surface area (Å²) in [6.45, 7) is 4.42. The fraction of sp³-hybridized carbons (Fsp3) is 0.533. The third-order valence-corrected chi connectivity index (χ3v) is 4.19. The van der Waals surface area contributed by atoms with E-state index in [0.717, 1.165) is 37.2 Å². The van der Waals surface area contributed by atoms with Gasteiger partial charge in [-0.3, -0.25) is 9.69 Å². The Morgan fingerprint density at radius 1 is 1.43 bits per heavy atom. The number of anilines is 1. The quantitative estimate of drug-likeness (QED) is 0.891. The van der Waals surface area contributed by atoms with Gasteiger partial charge in [-0.05, 0) is 57.6 Å². The number of aryl methyl sites for hydroxylation is 1. The Kier molecular flexibility index (Phi) is 7.46. The van der Waals surface area contributed by atoms with Crippen LogP contribution in [0.4, 0.5) is 5.69 Å². The van der Waals surface area contributed by atoms with E-state index in [1.165, 1.54) is 0 Å². The van der Waals surface area contributed by atoms with Crippen molar-refractivity contribution in [2.45, 2.75) is 25.8 Å². The highest BCUT2D eigenvalue weighted by molar-refractivity contribution is 6.31. The summed E-state index contributed by atoms with van der Waals surface area (Å²) >= 11 is 6.06. The highest BCUT2D eigenvalue weighted by atomic mass is 35.5. The van der Waals surface area contributed by atoms with E-state index in [4.69, 9.17) is 11.6 Å². The summed E-state index contributed by atoms with van der Waals surface area (Å²) in [5.74, 6) is 0.00551. The number of rotatable bonds is 4. The van der Waals surface area contributed by atoms with Crippen LogP contribution in [0.1, 0.15) is 18.4 Å². The molecule has 1 amide bonds. The number of halogens is 2. The first-order chi connectivity index (χ1) is 9.56. The summed E-state index contributed by atoms with van der Waals surface area (Å²) in [5, 5.41) is 6.91. The molecule has 1 heterocycles. The van der Waals surface area contributed by atoms with Crippen LogP contribution in [0.25, 0.3) is 0 Å². The lowest BCUT2D eigenvalue weighted by molar-refractivity contribution is -0.117. The van der Waals surface area contributed by atoms with Gasteiger partial charge in [-0.1, -0.05) is 17.7 Å². The number of carbonyl (C=O) groups excluding carboxylic acids is 1. The number of likely N-dealkylation sites (N-methyl/N-ethyl adjacent to an activating group) is 1. The van der Waals surface area contributed by atoms with Gasteiger partial charge in [0.15, 0.2) is 0 Å². The van der Waals surface area contributed by atoms with Crippen LogP contribution in [0.5, 0.6) is 0 Å². The maximum Gasteiger partial charge on any atom is 0.238 e. The Bertz CT molecular complexity index is 476. The molecule has 0 unspecified atom stereocenters. The SMILES string of the molecule is Cc1ccc(NC(=O)CN(C)C2CCNCC2)cc1Cl.Cl. The third kappa shape index (κ3) is 5.47. The van der Waals surface area contributed by atoms with Crippen LogP contribution in [0.2, 0.25) is 5.02 Å². The van der Waals surface area contributed by atoms with Crippen molar-refractivity contribution >= 4 is 35.6 Å². The van der Waals surface area contributed by atoms with E-state index in [2.05, 4.69) is 15.5 Å². The molecule has 0 saturated carbocycles. The lowest BCUT2D eigenvalue weighted by atomic mass is 10.1. The molecule has 1 fully saturated rings. The van der Waals surface area contributed by atoms with Crippen LogP contribution in [0, 0.1) is 6.92 Å². The summed E-state index contributed by atoms with van der Waals surface area (Å²) in [4.78, 5) is 14.2. The number of benzene rings is 1. The van der Waals surface area contributed by atoms with E-state index in [0.29, 0.717) is 17.6 Å². The highest BCUT2D eigenvalue weighted by Gasteiger charge is 2.19. The molecule has 2 rings (SSSR count). The van der Waals surface area contributed by atoms with Gasteiger partial charge in [0.1, 0.15) is 0 Å². The molecule has 1 aliphatic heterocycles. The molecule has 4 nitrogen and oxygen atoms in total. The normalized spacial score (nSPS) is 15.6. The minimum absolute atomic E-state index is 0. The van der Waals surface area contributed by atoms with Crippen molar-refractivity contribution in [3.8, 4) is 0 Å². The Morgan fingerprint density at radius 2 is 2.10 bits per heavy atom. The molecule has 1 aromatic carbocycles. The van der Waals surface area contributed by atoms with E-state index in [1.54, 1.807) is 6.07 Å². The second-order valence-electron chi connectivity index (χ2n) is 5.41. The lowest BCUT2D eigenvalue weighted by Crippen LogP contribution is -2.44. The first-order valence-corrected chi connectivity index (χ1v) is 7.41. The van der Waals surface area contributed by atoms with Crippen LogP contribution in [-0.4, -0.2) is 43.5 Å². The van der Waals surface area contributed by atoms with Crippen LogP contribution in [0.15, 0.2) is 18.2 Å². The Balaban J connectivity index is 0.00000220. The van der Waals surface area contributed by atoms with Gasteiger partial charge in [-0.15, -0.1) is 12.4 Å². The summed E-state index contributed by atoms with van der Waals surface area (Å²) in [5.41, 5.74) is 1.76. The molecule has 0 bridgehead atoms. The van der Waals surface area contributed by atoms with Crippen LogP contribution in [0.3, 0.4) is 0 Å². The predicted molar refractivity (Wildman–Crippen MR) is 90.6 cm³/mol. The van der Waals surface area contributed by atoms with Gasteiger partial charge in [0, 0.05) is 16.8 Å². The zero-order valence-corrected chi connectivity index (χ0v) is 14.1. The summed E-state index contributed by atoms with van der Waals surface area (Å²) < 4.78 is 0. The number of hydrogen-bond acceptors (Lipinski definition) is 3. The fourth-order valence-electron chi connectivity index (χ4n) is 2.47. The van der Waals surface area contributed by atoms with Gasteiger partial charge in [0.05, 0.1) is 6.54 Å². The van der Waals surface area contributed by atoms with Gasteiger partial charge in [-0.25, -0.2) is 0 Å². The molecule has 6 heteroatoms. The first kappa shape index (κ1) is 18.2. The van der Waals surface area contributed by atoms with Crippen molar-refractivity contribution in [3.63, 3.8) is 0 Å². The number of amides is 1. The van der Waals surface area contributed by atoms with E-state index in [1.807, 2.05) is 26.1 Å². The molecule has 0 atom stereocenters. The lowest BCUT2D eigenvalue weighted by Gasteiger charge is -2.31. The van der Waals surface area contributed by atoms with Gasteiger partial charge < -0.3 is 10.6 Å². The van der Waals surface area contributed by atoms with E-state index < -0.39 is 0 Å². The van der Waals surface area contributed by atoms with Crippen molar-refractivity contribution in [3.05, 3.63) is 28.8 Å². The van der Waals surface area contributed by atoms with Crippen molar-refractivity contribution < 1.29 is 4.79 Å². The smallest absolute Gasteiger partial charge is 0.238 e. The minimum Gasteiger partial charge on any atom is -0.325 e. The standard InChI is InChI=1S/C15H22ClN3O.ClH/c1-11-3-4-12(9-14(11)16)18-15(20)10-19(2)13-5-7-17-8-6-13;/h3-4,9,13,17H,5-8,10H2,1-2H3,(H,18,20);1H. The molecule has 1 saturated heterocycles. The zero-order valence-electron chi connectivity index (χ0n) is 12.5. The monoisotopic (exact) mass is 331 g/mol. The van der Waals surface area contributed by atoms with Gasteiger partial charge in [-0.2, -0.15) is 0 Å². The van der Waals surface area contributed by atoms with Gasteiger partial charge in [0.25, 0.3) is 0 Å². The Labute approximate surface area is 137 Å². The fourth-order valence-corrected chi connectivity index (χ4v) is 2.65. The third-order valence-electron chi connectivity index (χ3n) is 3.78. The highest BCUT2D eigenvalue weighted by Crippen LogP contribution is 2.20. The average Bonchev–Trinajstić information content (AvgIpc) is 2.44. The molecular weight excluding hydrogens is 309 g/mol. The molecular formula is C15H23Cl2N3O. The molecule has 21 heavy (non-hydrogen) atoms. The maximum atomic E-state index is 12.1. The van der Waals surface area contributed by atoms with Crippen LogP contribution >= 0.6 is 24.0 Å². The number of hydrogen-bond donors (Lipinski definition) is 2. The molecule has 2 N–H and O–H groups in total. The molecule has 118 valence electrons. The average molecular weight is 332 g/mol. The molecule has 1 aliphatic rings. The Hall–Kier alpha value is -0.810. The van der Waals surface area contributed by atoms with E-state index >= 15 is 0 Å². The molecule has 0 aliphatic carbocycles. The van der Waals surface area contributed by atoms with Crippen molar-refractivity contribution in [2.24, 2.45) is 0 Å². The summed E-state index contributed by atoms with van der Waals surface area (Å²) in [6.07, 6.45) is 2.19. The zero-order chi connectivity index (χ0) is 14.5. The number of nitrogens with zero attached hydrogens (tertiary/aromatic N) is 1. The van der Waals surface area contributed by atoms with Gasteiger partial charge in [0.2, 0.25) is 5.91 Å². The van der Waals surface area contributed by atoms with E-state index in [-0.39, 0.29) is 18.3 Å². The Morgan fingerprint density at radius 3 is 2.71 bits per heavy atom. The molecule has 0 aromatic heterocycles. The summed E-state index contributed by atoms with van der Waals surface area (Å²) in [6, 6.07) is 6.07.